The number of rotatable bonds is 5. The molecule has 1 aromatic rings. The summed E-state index contributed by atoms with van der Waals surface area (Å²) in [6.45, 7) is 3.24. The SMILES string of the molecule is CC(=O)NC(CSc1cc(C)ccn1)C(=O)O. The van der Waals surface area contributed by atoms with E-state index in [-0.39, 0.29) is 11.7 Å². The van der Waals surface area contributed by atoms with Crippen molar-refractivity contribution in [1.82, 2.24) is 10.3 Å². The van der Waals surface area contributed by atoms with Crippen molar-refractivity contribution in [2.45, 2.75) is 24.9 Å². The Hall–Kier alpha value is -1.56. The molecule has 0 aliphatic heterocycles. The van der Waals surface area contributed by atoms with Gasteiger partial charge in [0.1, 0.15) is 6.04 Å². The zero-order valence-corrected chi connectivity index (χ0v) is 10.5. The molecule has 1 heterocycles. The summed E-state index contributed by atoms with van der Waals surface area (Å²) >= 11 is 1.31. The van der Waals surface area contributed by atoms with Crippen LogP contribution in [0, 0.1) is 6.92 Å². The first kappa shape index (κ1) is 13.5. The van der Waals surface area contributed by atoms with Gasteiger partial charge in [-0.25, -0.2) is 9.78 Å². The van der Waals surface area contributed by atoms with Gasteiger partial charge >= 0.3 is 5.97 Å². The number of aryl methyl sites for hydroxylation is 1. The molecule has 0 fully saturated rings. The Morgan fingerprint density at radius 2 is 2.29 bits per heavy atom. The Morgan fingerprint density at radius 1 is 1.59 bits per heavy atom. The predicted molar refractivity (Wildman–Crippen MR) is 64.9 cm³/mol. The molecule has 0 spiro atoms. The molecule has 0 saturated heterocycles. The Morgan fingerprint density at radius 3 is 2.82 bits per heavy atom. The average molecular weight is 254 g/mol. The average Bonchev–Trinajstić information content (AvgIpc) is 2.23. The van der Waals surface area contributed by atoms with Gasteiger partial charge in [-0.05, 0) is 24.6 Å². The monoisotopic (exact) mass is 254 g/mol. The fourth-order valence-corrected chi connectivity index (χ4v) is 2.14. The van der Waals surface area contributed by atoms with Crippen LogP contribution in [0.2, 0.25) is 0 Å². The van der Waals surface area contributed by atoms with E-state index in [1.54, 1.807) is 6.20 Å². The summed E-state index contributed by atoms with van der Waals surface area (Å²) in [6.07, 6.45) is 1.67. The number of thioether (sulfide) groups is 1. The van der Waals surface area contributed by atoms with Gasteiger partial charge in [0, 0.05) is 18.9 Å². The van der Waals surface area contributed by atoms with Crippen molar-refractivity contribution in [3.05, 3.63) is 23.9 Å². The number of amides is 1. The third-order valence-electron chi connectivity index (χ3n) is 1.96. The van der Waals surface area contributed by atoms with E-state index in [1.165, 1.54) is 18.7 Å². The zero-order valence-electron chi connectivity index (χ0n) is 9.64. The van der Waals surface area contributed by atoms with Gasteiger partial charge in [0.25, 0.3) is 0 Å². The topological polar surface area (TPSA) is 79.3 Å². The van der Waals surface area contributed by atoms with Crippen LogP contribution in [0.1, 0.15) is 12.5 Å². The van der Waals surface area contributed by atoms with Crippen LogP contribution in [0.3, 0.4) is 0 Å². The molecule has 0 aromatic carbocycles. The molecule has 5 nitrogen and oxygen atoms in total. The van der Waals surface area contributed by atoms with E-state index in [0.29, 0.717) is 0 Å². The Kier molecular flexibility index (Phi) is 4.96. The Balaban J connectivity index is 2.57. The Bertz CT molecular complexity index is 423. The molecule has 1 aromatic heterocycles. The van der Waals surface area contributed by atoms with Gasteiger partial charge in [0.2, 0.25) is 5.91 Å². The van der Waals surface area contributed by atoms with E-state index in [2.05, 4.69) is 10.3 Å². The van der Waals surface area contributed by atoms with Gasteiger partial charge in [0.05, 0.1) is 5.03 Å². The van der Waals surface area contributed by atoms with E-state index in [9.17, 15) is 9.59 Å². The molecule has 0 aliphatic rings. The van der Waals surface area contributed by atoms with Gasteiger partial charge in [-0.3, -0.25) is 4.79 Å². The molecule has 1 atom stereocenters. The molecule has 0 saturated carbocycles. The number of nitrogens with one attached hydrogen (secondary N) is 1. The summed E-state index contributed by atoms with van der Waals surface area (Å²) in [4.78, 5) is 25.8. The molecule has 1 unspecified atom stereocenters. The van der Waals surface area contributed by atoms with Crippen LogP contribution in [-0.2, 0) is 9.59 Å². The van der Waals surface area contributed by atoms with E-state index < -0.39 is 12.0 Å². The van der Waals surface area contributed by atoms with E-state index in [4.69, 9.17) is 5.11 Å². The standard InChI is InChI=1S/C11H14N2O3S/c1-7-3-4-12-10(5-7)17-6-9(11(15)16)13-8(2)14/h3-5,9H,6H2,1-2H3,(H,13,14)(H,15,16). The van der Waals surface area contributed by atoms with Crippen molar-refractivity contribution in [3.8, 4) is 0 Å². The van der Waals surface area contributed by atoms with Gasteiger partial charge in [0.15, 0.2) is 0 Å². The van der Waals surface area contributed by atoms with Crippen LogP contribution in [0.5, 0.6) is 0 Å². The number of aromatic nitrogens is 1. The lowest BCUT2D eigenvalue weighted by molar-refractivity contribution is -0.140. The van der Waals surface area contributed by atoms with Crippen LogP contribution >= 0.6 is 11.8 Å². The molecular formula is C11H14N2O3S. The van der Waals surface area contributed by atoms with Crippen LogP contribution in [0.4, 0.5) is 0 Å². The van der Waals surface area contributed by atoms with Crippen molar-refractivity contribution < 1.29 is 14.7 Å². The summed E-state index contributed by atoms with van der Waals surface area (Å²) in [5.41, 5.74) is 1.06. The molecule has 0 radical (unpaired) electrons. The number of nitrogens with zero attached hydrogens (tertiary/aromatic N) is 1. The summed E-state index contributed by atoms with van der Waals surface area (Å²) in [5.74, 6) is -1.14. The van der Waals surface area contributed by atoms with E-state index >= 15 is 0 Å². The molecular weight excluding hydrogens is 240 g/mol. The number of carbonyl (C=O) groups is 2. The lowest BCUT2D eigenvalue weighted by Gasteiger charge is -2.12. The molecule has 92 valence electrons. The quantitative estimate of drug-likeness (QED) is 0.768. The fraction of sp³-hybridized carbons (Fsp3) is 0.364. The first-order valence-corrected chi connectivity index (χ1v) is 6.03. The highest BCUT2D eigenvalue weighted by Gasteiger charge is 2.18. The molecule has 17 heavy (non-hydrogen) atoms. The minimum atomic E-state index is -1.04. The number of pyridine rings is 1. The molecule has 6 heteroatoms. The highest BCUT2D eigenvalue weighted by atomic mass is 32.2. The third-order valence-corrected chi connectivity index (χ3v) is 2.98. The smallest absolute Gasteiger partial charge is 0.327 e. The molecule has 1 amide bonds. The lowest BCUT2D eigenvalue weighted by Crippen LogP contribution is -2.41. The van der Waals surface area contributed by atoms with E-state index in [0.717, 1.165) is 10.6 Å². The highest BCUT2D eigenvalue weighted by Crippen LogP contribution is 2.16. The maximum atomic E-state index is 10.9. The molecule has 0 aliphatic carbocycles. The molecule has 2 N–H and O–H groups in total. The second-order valence-corrected chi connectivity index (χ2v) is 4.61. The first-order chi connectivity index (χ1) is 7.99. The number of aliphatic carboxylic acids is 1. The maximum Gasteiger partial charge on any atom is 0.327 e. The second kappa shape index (κ2) is 6.24. The summed E-state index contributed by atoms with van der Waals surface area (Å²) in [7, 11) is 0. The third kappa shape index (κ3) is 4.86. The highest BCUT2D eigenvalue weighted by molar-refractivity contribution is 7.99. The fourth-order valence-electron chi connectivity index (χ4n) is 1.18. The van der Waals surface area contributed by atoms with Crippen LogP contribution in [-0.4, -0.2) is 33.8 Å². The van der Waals surface area contributed by atoms with Crippen molar-refractivity contribution in [3.63, 3.8) is 0 Å². The van der Waals surface area contributed by atoms with Crippen LogP contribution in [0.15, 0.2) is 23.4 Å². The van der Waals surface area contributed by atoms with Crippen molar-refractivity contribution in [2.75, 3.05) is 5.75 Å². The minimum absolute atomic E-state index is 0.255. The lowest BCUT2D eigenvalue weighted by atomic mass is 10.3. The van der Waals surface area contributed by atoms with Crippen LogP contribution < -0.4 is 5.32 Å². The number of carboxylic acid groups (broad SMARTS) is 1. The number of hydrogen-bond acceptors (Lipinski definition) is 4. The predicted octanol–water partition coefficient (Wildman–Crippen LogP) is 1.07. The normalized spacial score (nSPS) is 11.9. The van der Waals surface area contributed by atoms with Gasteiger partial charge < -0.3 is 10.4 Å². The number of carboxylic acids is 1. The van der Waals surface area contributed by atoms with E-state index in [1.807, 2.05) is 19.1 Å². The van der Waals surface area contributed by atoms with Gasteiger partial charge in [-0.15, -0.1) is 11.8 Å². The maximum absolute atomic E-state index is 10.9. The molecule has 1 rings (SSSR count). The molecule has 0 bridgehead atoms. The van der Waals surface area contributed by atoms with Crippen molar-refractivity contribution >= 4 is 23.6 Å². The van der Waals surface area contributed by atoms with Crippen molar-refractivity contribution in [2.24, 2.45) is 0 Å². The number of hydrogen-bond donors (Lipinski definition) is 2. The summed E-state index contributed by atoms with van der Waals surface area (Å²) in [6, 6.07) is 2.85. The number of carbonyl (C=O) groups excluding carboxylic acids is 1. The summed E-state index contributed by atoms with van der Waals surface area (Å²) < 4.78 is 0. The summed E-state index contributed by atoms with van der Waals surface area (Å²) in [5, 5.41) is 12.0. The zero-order chi connectivity index (χ0) is 12.8. The minimum Gasteiger partial charge on any atom is -0.480 e. The Labute approximate surface area is 104 Å². The van der Waals surface area contributed by atoms with Crippen LogP contribution in [0.25, 0.3) is 0 Å². The largest absolute Gasteiger partial charge is 0.480 e. The first-order valence-electron chi connectivity index (χ1n) is 5.04. The second-order valence-electron chi connectivity index (χ2n) is 3.57. The van der Waals surface area contributed by atoms with Gasteiger partial charge in [-0.2, -0.15) is 0 Å². The van der Waals surface area contributed by atoms with Crippen molar-refractivity contribution in [1.29, 1.82) is 0 Å². The van der Waals surface area contributed by atoms with Gasteiger partial charge in [-0.1, -0.05) is 0 Å².